The number of nitrogens with zero attached hydrogens (tertiary/aromatic N) is 5. The number of nitrogens with one attached hydrogen (secondary N) is 1. The summed E-state index contributed by atoms with van der Waals surface area (Å²) in [6.07, 6.45) is 11.8. The summed E-state index contributed by atoms with van der Waals surface area (Å²) in [4.78, 5) is 31.6. The Morgan fingerprint density at radius 2 is 1.81 bits per heavy atom. The van der Waals surface area contributed by atoms with Gasteiger partial charge in [0.25, 0.3) is 5.91 Å². The second-order valence-electron chi connectivity index (χ2n) is 7.76. The Kier molecular flexibility index (Phi) is 5.70. The third-order valence-corrected chi connectivity index (χ3v) is 5.45. The van der Waals surface area contributed by atoms with E-state index in [9.17, 15) is 14.0 Å². The number of carboxylic acid groups (broad SMARTS) is 1. The van der Waals surface area contributed by atoms with E-state index in [4.69, 9.17) is 5.11 Å². The Balaban J connectivity index is 1.55. The summed E-state index contributed by atoms with van der Waals surface area (Å²) in [7, 11) is 0. The number of carbonyl (C=O) groups is 2. The van der Waals surface area contributed by atoms with Gasteiger partial charge in [-0.2, -0.15) is 0 Å². The van der Waals surface area contributed by atoms with E-state index in [1.165, 1.54) is 29.3 Å². The molecule has 160 valence electrons. The van der Waals surface area contributed by atoms with Crippen molar-refractivity contribution in [2.75, 3.05) is 0 Å². The molecule has 0 saturated heterocycles. The predicted molar refractivity (Wildman–Crippen MR) is 107 cm³/mol. The lowest BCUT2D eigenvalue weighted by atomic mass is 9.78. The number of pyridine rings is 2. The molecule has 3 heterocycles. The molecule has 0 bridgehead atoms. The molecule has 0 aromatic carbocycles. The summed E-state index contributed by atoms with van der Waals surface area (Å²) in [5.41, 5.74) is 0.829. The van der Waals surface area contributed by atoms with E-state index in [2.05, 4.69) is 25.6 Å². The lowest BCUT2D eigenvalue weighted by molar-refractivity contribution is 0.0696. The maximum Gasteiger partial charge on any atom is 0.337 e. The van der Waals surface area contributed by atoms with Crippen LogP contribution in [0.2, 0.25) is 0 Å². The zero-order valence-corrected chi connectivity index (χ0v) is 16.7. The Labute approximate surface area is 177 Å². The number of aromatic nitrogens is 5. The van der Waals surface area contributed by atoms with E-state index in [0.29, 0.717) is 17.8 Å². The van der Waals surface area contributed by atoms with Crippen molar-refractivity contribution in [3.05, 3.63) is 65.8 Å². The van der Waals surface area contributed by atoms with Gasteiger partial charge in [0.05, 0.1) is 41.1 Å². The first kappa shape index (κ1) is 20.6. The smallest absolute Gasteiger partial charge is 0.337 e. The van der Waals surface area contributed by atoms with Crippen molar-refractivity contribution in [3.63, 3.8) is 0 Å². The third-order valence-electron chi connectivity index (χ3n) is 5.45. The molecule has 0 radical (unpaired) electrons. The number of hydrogen-bond acceptors (Lipinski definition) is 6. The topological polar surface area (TPSA) is 123 Å². The van der Waals surface area contributed by atoms with Crippen LogP contribution in [0.3, 0.4) is 0 Å². The molecule has 2 N–H and O–H groups in total. The molecule has 31 heavy (non-hydrogen) atoms. The summed E-state index contributed by atoms with van der Waals surface area (Å²) in [6, 6.07) is 2.63. The molecule has 9 nitrogen and oxygen atoms in total. The molecule has 0 spiro atoms. The monoisotopic (exact) mass is 424 g/mol. The fourth-order valence-corrected chi connectivity index (χ4v) is 3.95. The number of carbonyl (C=O) groups excluding carboxylic acids is 1. The number of amides is 1. The second kappa shape index (κ2) is 8.58. The van der Waals surface area contributed by atoms with Crippen LogP contribution in [-0.4, -0.2) is 47.5 Å². The van der Waals surface area contributed by atoms with Gasteiger partial charge in [0.15, 0.2) is 0 Å². The Bertz CT molecular complexity index is 1110. The molecule has 10 heteroatoms. The summed E-state index contributed by atoms with van der Waals surface area (Å²) in [6.45, 7) is 0. The van der Waals surface area contributed by atoms with Crippen LogP contribution in [0.1, 0.15) is 58.5 Å². The Morgan fingerprint density at radius 1 is 1.06 bits per heavy atom. The predicted octanol–water partition coefficient (Wildman–Crippen LogP) is 2.57. The van der Waals surface area contributed by atoms with E-state index >= 15 is 0 Å². The highest BCUT2D eigenvalue weighted by Crippen LogP contribution is 2.31. The molecule has 0 atom stereocenters. The lowest BCUT2D eigenvalue weighted by Gasteiger charge is -2.37. The molecule has 4 rings (SSSR count). The maximum absolute atomic E-state index is 13.5. The zero-order chi connectivity index (χ0) is 21.8. The van der Waals surface area contributed by atoms with Crippen molar-refractivity contribution in [3.8, 4) is 5.69 Å². The van der Waals surface area contributed by atoms with Crippen LogP contribution in [0, 0.1) is 5.82 Å². The SMILES string of the molecule is O=C(O)c1cncc(-n2cc(CC3(NC(=O)c4cncc(F)c4)CCCCC3)nn2)c1. The molecule has 1 aliphatic rings. The molecular formula is C21H21FN6O3. The van der Waals surface area contributed by atoms with E-state index in [1.54, 1.807) is 6.20 Å². The van der Waals surface area contributed by atoms with Gasteiger partial charge in [-0.3, -0.25) is 14.8 Å². The van der Waals surface area contributed by atoms with Crippen LogP contribution < -0.4 is 5.32 Å². The largest absolute Gasteiger partial charge is 0.478 e. The molecule has 0 aliphatic heterocycles. The summed E-state index contributed by atoms with van der Waals surface area (Å²) in [5.74, 6) is -2.02. The molecule has 0 unspecified atom stereocenters. The normalized spacial score (nSPS) is 15.4. The minimum Gasteiger partial charge on any atom is -0.478 e. The zero-order valence-electron chi connectivity index (χ0n) is 16.7. The highest BCUT2D eigenvalue weighted by molar-refractivity contribution is 5.94. The van der Waals surface area contributed by atoms with Gasteiger partial charge in [-0.15, -0.1) is 5.10 Å². The number of carboxylic acids is 1. The standard InChI is InChI=1S/C21H21FN6O3/c22-16-6-14(9-23-11-16)19(29)25-21(4-2-1-3-5-21)8-17-13-28(27-26-17)18-7-15(20(30)31)10-24-12-18/h6-7,9-13H,1-5,8H2,(H,25,29)(H,30,31). The maximum atomic E-state index is 13.5. The molecule has 3 aromatic rings. The van der Waals surface area contributed by atoms with Crippen LogP contribution in [-0.2, 0) is 6.42 Å². The molecule has 1 fully saturated rings. The van der Waals surface area contributed by atoms with Crippen molar-refractivity contribution in [1.82, 2.24) is 30.3 Å². The van der Waals surface area contributed by atoms with Crippen LogP contribution in [0.5, 0.6) is 0 Å². The van der Waals surface area contributed by atoms with E-state index in [0.717, 1.165) is 44.4 Å². The minimum atomic E-state index is -1.08. The van der Waals surface area contributed by atoms with Gasteiger partial charge in [-0.25, -0.2) is 13.9 Å². The molecule has 3 aromatic heterocycles. The van der Waals surface area contributed by atoms with Crippen LogP contribution >= 0.6 is 0 Å². The average molecular weight is 424 g/mol. The highest BCUT2D eigenvalue weighted by Gasteiger charge is 2.35. The van der Waals surface area contributed by atoms with Gasteiger partial charge >= 0.3 is 5.97 Å². The molecule has 1 aliphatic carbocycles. The first-order chi connectivity index (χ1) is 14.9. The summed E-state index contributed by atoms with van der Waals surface area (Å²) >= 11 is 0. The van der Waals surface area contributed by atoms with Gasteiger partial charge in [0.2, 0.25) is 0 Å². The fraction of sp³-hybridized carbons (Fsp3) is 0.333. The number of hydrogen-bond donors (Lipinski definition) is 2. The number of aromatic carboxylic acids is 1. The van der Waals surface area contributed by atoms with Crippen molar-refractivity contribution < 1.29 is 19.1 Å². The van der Waals surface area contributed by atoms with Crippen molar-refractivity contribution in [2.45, 2.75) is 44.1 Å². The minimum absolute atomic E-state index is 0.0502. The van der Waals surface area contributed by atoms with Gasteiger partial charge < -0.3 is 10.4 Å². The van der Waals surface area contributed by atoms with Crippen molar-refractivity contribution in [2.24, 2.45) is 0 Å². The first-order valence-corrected chi connectivity index (χ1v) is 9.97. The van der Waals surface area contributed by atoms with Crippen LogP contribution in [0.25, 0.3) is 5.69 Å². The second-order valence-corrected chi connectivity index (χ2v) is 7.76. The van der Waals surface area contributed by atoms with Crippen molar-refractivity contribution >= 4 is 11.9 Å². The first-order valence-electron chi connectivity index (χ1n) is 9.97. The van der Waals surface area contributed by atoms with Gasteiger partial charge in [-0.1, -0.05) is 24.5 Å². The Morgan fingerprint density at radius 3 is 2.55 bits per heavy atom. The number of rotatable bonds is 6. The molecular weight excluding hydrogens is 403 g/mol. The van der Waals surface area contributed by atoms with Gasteiger partial charge in [-0.05, 0) is 25.0 Å². The quantitative estimate of drug-likeness (QED) is 0.623. The van der Waals surface area contributed by atoms with Gasteiger partial charge in [0.1, 0.15) is 5.82 Å². The summed E-state index contributed by atoms with van der Waals surface area (Å²) in [5, 5.41) is 20.5. The van der Waals surface area contributed by atoms with E-state index in [-0.39, 0.29) is 17.0 Å². The third kappa shape index (κ3) is 4.73. The van der Waals surface area contributed by atoms with Crippen LogP contribution in [0.15, 0.2) is 43.1 Å². The average Bonchev–Trinajstić information content (AvgIpc) is 3.22. The van der Waals surface area contributed by atoms with E-state index < -0.39 is 17.3 Å². The van der Waals surface area contributed by atoms with Crippen LogP contribution in [0.4, 0.5) is 4.39 Å². The molecule has 1 amide bonds. The Hall–Kier alpha value is -3.69. The van der Waals surface area contributed by atoms with E-state index in [1.807, 2.05) is 0 Å². The lowest BCUT2D eigenvalue weighted by Crippen LogP contribution is -2.51. The van der Waals surface area contributed by atoms with Crippen molar-refractivity contribution in [1.29, 1.82) is 0 Å². The molecule has 1 saturated carbocycles. The highest BCUT2D eigenvalue weighted by atomic mass is 19.1. The van der Waals surface area contributed by atoms with Gasteiger partial charge in [0, 0.05) is 24.4 Å². The fourth-order valence-electron chi connectivity index (χ4n) is 3.95. The number of halogens is 1. The summed E-state index contributed by atoms with van der Waals surface area (Å²) < 4.78 is 14.9.